The summed E-state index contributed by atoms with van der Waals surface area (Å²) in [4.78, 5) is 27.3. The van der Waals surface area contributed by atoms with Crippen LogP contribution in [0.1, 0.15) is 56.8 Å². The highest BCUT2D eigenvalue weighted by Gasteiger charge is 2.54. The molecule has 4 aromatic carbocycles. The molecule has 0 unspecified atom stereocenters. The fourth-order valence-corrected chi connectivity index (χ4v) is 5.59. The molecule has 6 rings (SSSR count). The standard InChI is InChI=1S/C32H28N2O5/c1-4-34(5-2)22-12-14-25-29(17-22)38-28-15-19(3)27(33-21-9-7-6-8-10-21)18-26(28)32(25)24-13-11-20(30(35)36)16-23(24)31(37)39-32/h6-18,33H,4-5H2,1-3H3,(H,35,36)/t32-/m1/s1. The monoisotopic (exact) mass is 520 g/mol. The molecule has 1 spiro atoms. The summed E-state index contributed by atoms with van der Waals surface area (Å²) in [6.45, 7) is 7.86. The second kappa shape index (κ2) is 9.20. The van der Waals surface area contributed by atoms with Crippen LogP contribution in [0.25, 0.3) is 0 Å². The highest BCUT2D eigenvalue weighted by Crippen LogP contribution is 2.57. The molecule has 7 heteroatoms. The van der Waals surface area contributed by atoms with Gasteiger partial charge in [-0.15, -0.1) is 0 Å². The second-order valence-corrected chi connectivity index (χ2v) is 9.75. The SMILES string of the molecule is CCN(CC)c1ccc2c(c1)Oc1cc(C)c(Nc3ccccc3)cc1[C@]21OC(=O)c2cc(C(=O)O)ccc21. The molecule has 2 N–H and O–H groups in total. The Morgan fingerprint density at radius 3 is 2.33 bits per heavy atom. The molecular formula is C32H28N2O5. The summed E-state index contributed by atoms with van der Waals surface area (Å²) >= 11 is 0. The van der Waals surface area contributed by atoms with E-state index in [0.717, 1.165) is 35.7 Å². The number of hydrogen-bond acceptors (Lipinski definition) is 6. The molecule has 2 aliphatic heterocycles. The summed E-state index contributed by atoms with van der Waals surface area (Å²) < 4.78 is 12.8. The minimum atomic E-state index is -1.30. The Morgan fingerprint density at radius 1 is 0.897 bits per heavy atom. The van der Waals surface area contributed by atoms with Crippen molar-refractivity contribution < 1.29 is 24.2 Å². The van der Waals surface area contributed by atoms with Crippen molar-refractivity contribution in [3.05, 3.63) is 112 Å². The van der Waals surface area contributed by atoms with E-state index >= 15 is 0 Å². The van der Waals surface area contributed by atoms with E-state index in [2.05, 4.69) is 24.1 Å². The van der Waals surface area contributed by atoms with Gasteiger partial charge < -0.3 is 24.8 Å². The third-order valence-corrected chi connectivity index (χ3v) is 7.56. The molecule has 39 heavy (non-hydrogen) atoms. The maximum Gasteiger partial charge on any atom is 0.340 e. The van der Waals surface area contributed by atoms with Crippen molar-refractivity contribution in [2.75, 3.05) is 23.3 Å². The average molecular weight is 521 g/mol. The predicted molar refractivity (Wildman–Crippen MR) is 150 cm³/mol. The molecule has 2 aliphatic rings. The first-order valence-electron chi connectivity index (χ1n) is 13.0. The number of carbonyl (C=O) groups excluding carboxylic acids is 1. The average Bonchev–Trinajstić information content (AvgIpc) is 3.23. The van der Waals surface area contributed by atoms with Gasteiger partial charge in [0.1, 0.15) is 11.5 Å². The van der Waals surface area contributed by atoms with Crippen LogP contribution in [-0.2, 0) is 10.3 Å². The third kappa shape index (κ3) is 3.81. The first-order chi connectivity index (χ1) is 18.8. The van der Waals surface area contributed by atoms with Crippen LogP contribution in [0.4, 0.5) is 17.1 Å². The number of benzene rings is 4. The number of hydrogen-bond donors (Lipinski definition) is 2. The lowest BCUT2D eigenvalue weighted by Crippen LogP contribution is -2.33. The molecular weight excluding hydrogens is 492 g/mol. The van der Waals surface area contributed by atoms with Gasteiger partial charge in [0.25, 0.3) is 0 Å². The molecule has 4 aromatic rings. The van der Waals surface area contributed by atoms with Crippen LogP contribution in [0.2, 0.25) is 0 Å². The normalized spacial score (nSPS) is 16.5. The van der Waals surface area contributed by atoms with Crippen LogP contribution < -0.4 is 15.0 Å². The summed E-state index contributed by atoms with van der Waals surface area (Å²) in [6, 6.07) is 24.3. The van der Waals surface area contributed by atoms with Gasteiger partial charge in [-0.05, 0) is 74.9 Å². The summed E-state index contributed by atoms with van der Waals surface area (Å²) in [5.41, 5.74) is 4.65. The van der Waals surface area contributed by atoms with Crippen molar-refractivity contribution in [1.29, 1.82) is 0 Å². The van der Waals surface area contributed by atoms with Crippen LogP contribution >= 0.6 is 0 Å². The number of esters is 1. The molecule has 0 saturated carbocycles. The van der Waals surface area contributed by atoms with Gasteiger partial charge in [-0.2, -0.15) is 0 Å². The van der Waals surface area contributed by atoms with Crippen LogP contribution in [-0.4, -0.2) is 30.1 Å². The molecule has 0 amide bonds. The van der Waals surface area contributed by atoms with Crippen molar-refractivity contribution in [1.82, 2.24) is 0 Å². The predicted octanol–water partition coefficient (Wildman–Crippen LogP) is 6.85. The van der Waals surface area contributed by atoms with Crippen LogP contribution in [0.15, 0.2) is 78.9 Å². The molecule has 0 saturated heterocycles. The zero-order valence-corrected chi connectivity index (χ0v) is 21.9. The quantitative estimate of drug-likeness (QED) is 0.269. The number of nitrogens with one attached hydrogen (secondary N) is 1. The van der Waals surface area contributed by atoms with E-state index in [1.54, 1.807) is 6.07 Å². The van der Waals surface area contributed by atoms with Crippen LogP contribution in [0, 0.1) is 6.92 Å². The second-order valence-electron chi connectivity index (χ2n) is 9.75. The number of carboxylic acid groups (broad SMARTS) is 1. The first-order valence-corrected chi connectivity index (χ1v) is 13.0. The molecule has 2 heterocycles. The number of aromatic carboxylic acids is 1. The summed E-state index contributed by atoms with van der Waals surface area (Å²) in [7, 11) is 0. The number of para-hydroxylation sites is 1. The Balaban J connectivity index is 1.60. The van der Waals surface area contributed by atoms with Gasteiger partial charge in [0, 0.05) is 52.9 Å². The maximum absolute atomic E-state index is 13.4. The Hall–Kier alpha value is -4.78. The minimum Gasteiger partial charge on any atom is -0.478 e. The fraction of sp³-hybridized carbons (Fsp3) is 0.188. The molecule has 0 aromatic heterocycles. The first kappa shape index (κ1) is 24.6. The number of carbonyl (C=O) groups is 2. The highest BCUT2D eigenvalue weighted by atomic mass is 16.6. The minimum absolute atomic E-state index is 0.0301. The summed E-state index contributed by atoms with van der Waals surface area (Å²) in [5.74, 6) is -0.498. The van der Waals surface area contributed by atoms with Crippen molar-refractivity contribution in [2.45, 2.75) is 26.4 Å². The van der Waals surface area contributed by atoms with Crippen LogP contribution in [0.5, 0.6) is 11.5 Å². The third-order valence-electron chi connectivity index (χ3n) is 7.56. The number of rotatable bonds is 6. The van der Waals surface area contributed by atoms with Crippen LogP contribution in [0.3, 0.4) is 0 Å². The van der Waals surface area contributed by atoms with Crippen molar-refractivity contribution in [3.8, 4) is 11.5 Å². The highest BCUT2D eigenvalue weighted by molar-refractivity contribution is 6.00. The van der Waals surface area contributed by atoms with Gasteiger partial charge >= 0.3 is 11.9 Å². The number of fused-ring (bicyclic) bond motifs is 6. The fourth-order valence-electron chi connectivity index (χ4n) is 5.59. The number of ether oxygens (including phenoxy) is 2. The molecule has 0 aliphatic carbocycles. The van der Waals surface area contributed by atoms with E-state index in [1.807, 2.05) is 67.6 Å². The lowest BCUT2D eigenvalue weighted by Gasteiger charge is -2.37. The molecule has 7 nitrogen and oxygen atoms in total. The largest absolute Gasteiger partial charge is 0.478 e. The smallest absolute Gasteiger partial charge is 0.340 e. The number of anilines is 3. The molecule has 0 radical (unpaired) electrons. The van der Waals surface area contributed by atoms with Gasteiger partial charge in [0.15, 0.2) is 5.60 Å². The topological polar surface area (TPSA) is 88.1 Å². The van der Waals surface area contributed by atoms with Gasteiger partial charge in [0.05, 0.1) is 11.1 Å². The maximum atomic E-state index is 13.4. The van der Waals surface area contributed by atoms with Crippen molar-refractivity contribution >= 4 is 29.0 Å². The van der Waals surface area contributed by atoms with E-state index in [1.165, 1.54) is 12.1 Å². The van der Waals surface area contributed by atoms with Gasteiger partial charge in [-0.1, -0.05) is 24.3 Å². The molecule has 0 fully saturated rings. The summed E-state index contributed by atoms with van der Waals surface area (Å²) in [6.07, 6.45) is 0. The summed E-state index contributed by atoms with van der Waals surface area (Å²) in [5, 5.41) is 13.0. The molecule has 196 valence electrons. The molecule has 0 bridgehead atoms. The number of aryl methyl sites for hydroxylation is 1. The van der Waals surface area contributed by atoms with E-state index < -0.39 is 17.5 Å². The van der Waals surface area contributed by atoms with E-state index in [9.17, 15) is 14.7 Å². The molecule has 1 atom stereocenters. The Labute approximate surface area is 226 Å². The van der Waals surface area contributed by atoms with Gasteiger partial charge in [-0.3, -0.25) is 0 Å². The zero-order chi connectivity index (χ0) is 27.3. The van der Waals surface area contributed by atoms with Crippen molar-refractivity contribution in [3.63, 3.8) is 0 Å². The lowest BCUT2D eigenvalue weighted by atomic mass is 9.77. The van der Waals surface area contributed by atoms with E-state index in [-0.39, 0.29) is 11.1 Å². The Kier molecular flexibility index (Phi) is 5.79. The van der Waals surface area contributed by atoms with Crippen molar-refractivity contribution in [2.24, 2.45) is 0 Å². The lowest BCUT2D eigenvalue weighted by molar-refractivity contribution is 0.0224. The Morgan fingerprint density at radius 2 is 1.62 bits per heavy atom. The Bertz CT molecular complexity index is 1630. The number of carboxylic acids is 1. The van der Waals surface area contributed by atoms with Gasteiger partial charge in [0.2, 0.25) is 0 Å². The van der Waals surface area contributed by atoms with E-state index in [0.29, 0.717) is 28.2 Å². The zero-order valence-electron chi connectivity index (χ0n) is 21.9. The van der Waals surface area contributed by atoms with Gasteiger partial charge in [-0.25, -0.2) is 9.59 Å². The number of nitrogens with zero attached hydrogens (tertiary/aromatic N) is 1. The van der Waals surface area contributed by atoms with E-state index in [4.69, 9.17) is 9.47 Å².